The Balaban J connectivity index is 1.30. The van der Waals surface area contributed by atoms with Crippen LogP contribution in [0.2, 0.25) is 10.0 Å². The number of nitrogens with one attached hydrogen (secondary N) is 1. The van der Waals surface area contributed by atoms with Crippen molar-refractivity contribution in [1.29, 1.82) is 0 Å². The molecule has 0 saturated carbocycles. The zero-order chi connectivity index (χ0) is 20.4. The van der Waals surface area contributed by atoms with E-state index >= 15 is 0 Å². The van der Waals surface area contributed by atoms with Crippen LogP contribution in [0.3, 0.4) is 0 Å². The largest absolute Gasteiger partial charge is 0.485 e. The van der Waals surface area contributed by atoms with Gasteiger partial charge in [0.2, 0.25) is 6.10 Å². The summed E-state index contributed by atoms with van der Waals surface area (Å²) in [6, 6.07) is 11.9. The van der Waals surface area contributed by atoms with Gasteiger partial charge in [-0.25, -0.2) is 4.79 Å². The first kappa shape index (κ1) is 19.7. The predicted molar refractivity (Wildman–Crippen MR) is 110 cm³/mol. The van der Waals surface area contributed by atoms with Crippen LogP contribution >= 0.6 is 23.2 Å². The highest BCUT2D eigenvalue weighted by Crippen LogP contribution is 2.31. The predicted octanol–water partition coefficient (Wildman–Crippen LogP) is 3.51. The summed E-state index contributed by atoms with van der Waals surface area (Å²) in [5.41, 5.74) is 0.564. The second kappa shape index (κ2) is 8.39. The molecule has 1 saturated heterocycles. The minimum absolute atomic E-state index is 0.135. The number of hydrogen-bond donors (Lipinski definition) is 1. The van der Waals surface area contributed by atoms with E-state index in [1.807, 2.05) is 12.1 Å². The van der Waals surface area contributed by atoms with Crippen molar-refractivity contribution in [3.63, 3.8) is 0 Å². The van der Waals surface area contributed by atoms with Gasteiger partial charge in [-0.05, 0) is 30.3 Å². The molecule has 2 heterocycles. The van der Waals surface area contributed by atoms with Gasteiger partial charge in [0.15, 0.2) is 11.5 Å². The number of carbonyl (C=O) groups excluding carboxylic acids is 2. The number of fused-ring (bicyclic) bond motifs is 1. The third kappa shape index (κ3) is 4.36. The van der Waals surface area contributed by atoms with Gasteiger partial charge in [-0.15, -0.1) is 0 Å². The number of anilines is 1. The quantitative estimate of drug-likeness (QED) is 0.783. The number of benzene rings is 2. The Labute approximate surface area is 178 Å². The van der Waals surface area contributed by atoms with Crippen molar-refractivity contribution in [2.45, 2.75) is 6.10 Å². The van der Waals surface area contributed by atoms with E-state index in [1.54, 1.807) is 40.1 Å². The van der Waals surface area contributed by atoms with Gasteiger partial charge in [-0.3, -0.25) is 4.79 Å². The number of urea groups is 1. The maximum absolute atomic E-state index is 12.8. The van der Waals surface area contributed by atoms with E-state index in [0.717, 1.165) is 0 Å². The molecule has 0 radical (unpaired) electrons. The number of ether oxygens (including phenoxy) is 2. The van der Waals surface area contributed by atoms with E-state index in [1.165, 1.54) is 0 Å². The van der Waals surface area contributed by atoms with Crippen LogP contribution in [0.1, 0.15) is 0 Å². The lowest BCUT2D eigenvalue weighted by Gasteiger charge is -2.37. The van der Waals surface area contributed by atoms with E-state index in [2.05, 4.69) is 5.32 Å². The van der Waals surface area contributed by atoms with Gasteiger partial charge in [0, 0.05) is 31.9 Å². The van der Waals surface area contributed by atoms with E-state index in [-0.39, 0.29) is 18.5 Å². The molecule has 7 nitrogen and oxygen atoms in total. The van der Waals surface area contributed by atoms with Crippen LogP contribution in [0.25, 0.3) is 0 Å². The standard InChI is InChI=1S/C20H19Cl2N3O4/c21-14-6-5-13(11-15(14)22)23-20(27)25-9-7-24(8-10-25)19(26)18-12-28-16-3-1-2-4-17(16)29-18/h1-6,11,18H,7-10,12H2,(H,23,27). The molecule has 2 aromatic rings. The van der Waals surface area contributed by atoms with E-state index in [4.69, 9.17) is 32.7 Å². The van der Waals surface area contributed by atoms with Gasteiger partial charge < -0.3 is 24.6 Å². The molecule has 2 aliphatic rings. The number of carbonyl (C=O) groups is 2. The third-order valence-electron chi connectivity index (χ3n) is 4.83. The van der Waals surface area contributed by atoms with Crippen LogP contribution < -0.4 is 14.8 Å². The minimum atomic E-state index is -0.679. The van der Waals surface area contributed by atoms with Crippen molar-refractivity contribution in [3.8, 4) is 11.5 Å². The van der Waals surface area contributed by atoms with Gasteiger partial charge in [-0.2, -0.15) is 0 Å². The monoisotopic (exact) mass is 435 g/mol. The number of piperazine rings is 1. The lowest BCUT2D eigenvalue weighted by Crippen LogP contribution is -2.55. The van der Waals surface area contributed by atoms with Crippen LogP contribution in [0.5, 0.6) is 11.5 Å². The molecule has 29 heavy (non-hydrogen) atoms. The molecule has 152 valence electrons. The van der Waals surface area contributed by atoms with Crippen LogP contribution in [-0.4, -0.2) is 60.6 Å². The molecule has 1 fully saturated rings. The van der Waals surface area contributed by atoms with Crippen LogP contribution in [0.4, 0.5) is 10.5 Å². The number of halogens is 2. The Bertz CT molecular complexity index is 932. The average molecular weight is 436 g/mol. The molecular formula is C20H19Cl2N3O4. The van der Waals surface area contributed by atoms with Crippen LogP contribution in [-0.2, 0) is 4.79 Å². The summed E-state index contributed by atoms with van der Waals surface area (Å²) in [6.07, 6.45) is -0.679. The zero-order valence-electron chi connectivity index (χ0n) is 15.4. The molecule has 0 spiro atoms. The fraction of sp³-hybridized carbons (Fsp3) is 0.300. The number of hydrogen-bond acceptors (Lipinski definition) is 4. The zero-order valence-corrected chi connectivity index (χ0v) is 16.9. The van der Waals surface area contributed by atoms with Crippen molar-refractivity contribution < 1.29 is 19.1 Å². The van der Waals surface area contributed by atoms with Gasteiger partial charge in [0.25, 0.3) is 5.91 Å². The molecule has 1 N–H and O–H groups in total. The Hall–Kier alpha value is -2.64. The highest BCUT2D eigenvalue weighted by molar-refractivity contribution is 6.42. The molecule has 4 rings (SSSR count). The van der Waals surface area contributed by atoms with Crippen molar-refractivity contribution >= 4 is 40.8 Å². The maximum Gasteiger partial charge on any atom is 0.321 e. The normalized spacial score (nSPS) is 18.3. The molecular weight excluding hydrogens is 417 g/mol. The third-order valence-corrected chi connectivity index (χ3v) is 5.57. The minimum Gasteiger partial charge on any atom is -0.485 e. The second-order valence-corrected chi connectivity index (χ2v) is 7.55. The highest BCUT2D eigenvalue weighted by Gasteiger charge is 2.33. The second-order valence-electron chi connectivity index (χ2n) is 6.74. The van der Waals surface area contributed by atoms with Gasteiger partial charge in [0.1, 0.15) is 6.61 Å². The van der Waals surface area contributed by atoms with Crippen molar-refractivity contribution in [2.75, 3.05) is 38.1 Å². The van der Waals surface area contributed by atoms with E-state index in [9.17, 15) is 9.59 Å². The molecule has 0 aromatic heterocycles. The van der Waals surface area contributed by atoms with Crippen molar-refractivity contribution in [1.82, 2.24) is 9.80 Å². The lowest BCUT2D eigenvalue weighted by molar-refractivity contribution is -0.142. The van der Waals surface area contributed by atoms with Gasteiger partial charge in [0.05, 0.1) is 10.0 Å². The number of para-hydroxylation sites is 2. The van der Waals surface area contributed by atoms with Gasteiger partial charge in [-0.1, -0.05) is 35.3 Å². The van der Waals surface area contributed by atoms with Crippen LogP contribution in [0, 0.1) is 0 Å². The number of amides is 3. The van der Waals surface area contributed by atoms with E-state index < -0.39 is 6.10 Å². The molecule has 2 aromatic carbocycles. The summed E-state index contributed by atoms with van der Waals surface area (Å²) < 4.78 is 11.4. The summed E-state index contributed by atoms with van der Waals surface area (Å²) in [5, 5.41) is 3.59. The van der Waals surface area contributed by atoms with Crippen molar-refractivity contribution in [3.05, 3.63) is 52.5 Å². The first-order valence-corrected chi connectivity index (χ1v) is 9.95. The Morgan fingerprint density at radius 2 is 1.62 bits per heavy atom. The average Bonchev–Trinajstić information content (AvgIpc) is 2.75. The SMILES string of the molecule is O=C(Nc1ccc(Cl)c(Cl)c1)N1CCN(C(=O)C2COc3ccccc3O2)CC1. The van der Waals surface area contributed by atoms with Gasteiger partial charge >= 0.3 is 6.03 Å². The summed E-state index contributed by atoms with van der Waals surface area (Å²) in [6.45, 7) is 1.87. The molecule has 1 unspecified atom stereocenters. The number of rotatable bonds is 2. The van der Waals surface area contributed by atoms with E-state index in [0.29, 0.717) is 53.4 Å². The smallest absolute Gasteiger partial charge is 0.321 e. The topological polar surface area (TPSA) is 71.1 Å². The molecule has 9 heteroatoms. The molecule has 0 bridgehead atoms. The lowest BCUT2D eigenvalue weighted by atomic mass is 10.2. The summed E-state index contributed by atoms with van der Waals surface area (Å²) in [7, 11) is 0. The Morgan fingerprint density at radius 1 is 0.931 bits per heavy atom. The summed E-state index contributed by atoms with van der Waals surface area (Å²) in [4.78, 5) is 28.6. The fourth-order valence-corrected chi connectivity index (χ4v) is 3.55. The maximum atomic E-state index is 12.8. The molecule has 1 atom stereocenters. The summed E-state index contributed by atoms with van der Waals surface area (Å²) in [5.74, 6) is 1.07. The summed E-state index contributed by atoms with van der Waals surface area (Å²) >= 11 is 11.9. The Morgan fingerprint density at radius 3 is 2.34 bits per heavy atom. The highest BCUT2D eigenvalue weighted by atomic mass is 35.5. The number of nitrogens with zero attached hydrogens (tertiary/aromatic N) is 2. The molecule has 0 aliphatic carbocycles. The first-order valence-electron chi connectivity index (χ1n) is 9.19. The molecule has 2 aliphatic heterocycles. The fourth-order valence-electron chi connectivity index (χ4n) is 3.25. The van der Waals surface area contributed by atoms with Crippen molar-refractivity contribution in [2.24, 2.45) is 0 Å². The first-order chi connectivity index (χ1) is 14.0. The van der Waals surface area contributed by atoms with Crippen LogP contribution in [0.15, 0.2) is 42.5 Å². The molecule has 3 amide bonds. The Kier molecular flexibility index (Phi) is 5.69.